The van der Waals surface area contributed by atoms with E-state index < -0.39 is 6.04 Å². The number of benzene rings is 1. The monoisotopic (exact) mass is 290 g/mol. The number of aromatic nitrogens is 1. The van der Waals surface area contributed by atoms with Crippen molar-refractivity contribution in [2.45, 2.75) is 19.9 Å². The van der Waals surface area contributed by atoms with Gasteiger partial charge in [0, 0.05) is 22.5 Å². The molecule has 0 spiro atoms. The van der Waals surface area contributed by atoms with Gasteiger partial charge in [0.05, 0.1) is 0 Å². The average molecular weight is 291 g/mol. The Balaban J connectivity index is 2.21. The lowest BCUT2D eigenvalue weighted by atomic mass is 10.2. The second-order valence-electron chi connectivity index (χ2n) is 4.55. The maximum Gasteiger partial charge on any atom is 0.251 e. The molecule has 1 amide bonds. The molecule has 1 N–H and O–H groups in total. The summed E-state index contributed by atoms with van der Waals surface area (Å²) in [6, 6.07) is 11.2. The summed E-state index contributed by atoms with van der Waals surface area (Å²) in [6.45, 7) is 3.49. The fourth-order valence-corrected chi connectivity index (χ4v) is 2.12. The Bertz CT molecular complexity index is 677. The lowest BCUT2D eigenvalue weighted by Gasteiger charge is -2.17. The van der Waals surface area contributed by atoms with Gasteiger partial charge in [-0.05, 0) is 44.2 Å². The van der Waals surface area contributed by atoms with Crippen molar-refractivity contribution >= 4 is 23.2 Å². The van der Waals surface area contributed by atoms with Crippen LogP contribution in [-0.2, 0) is 4.79 Å². The van der Waals surface area contributed by atoms with E-state index in [1.807, 2.05) is 0 Å². The molecule has 2 rings (SSSR count). The first-order valence-electron chi connectivity index (χ1n) is 6.23. The summed E-state index contributed by atoms with van der Waals surface area (Å²) >= 11 is 5.79. The normalized spacial score (nSPS) is 11.9. The molecule has 4 nitrogen and oxygen atoms in total. The summed E-state index contributed by atoms with van der Waals surface area (Å²) in [4.78, 5) is 24.0. The molecule has 0 aliphatic heterocycles. The Hall–Kier alpha value is -2.07. The highest BCUT2D eigenvalue weighted by Crippen LogP contribution is 2.15. The van der Waals surface area contributed by atoms with Crippen LogP contribution >= 0.6 is 11.6 Å². The zero-order valence-electron chi connectivity index (χ0n) is 11.3. The van der Waals surface area contributed by atoms with Gasteiger partial charge in [0.1, 0.15) is 6.04 Å². The van der Waals surface area contributed by atoms with Gasteiger partial charge in [0.2, 0.25) is 5.91 Å². The third-order valence-corrected chi connectivity index (χ3v) is 3.32. The number of aryl methyl sites for hydroxylation is 1. The van der Waals surface area contributed by atoms with Crippen molar-refractivity contribution in [3.8, 4) is 0 Å². The smallest absolute Gasteiger partial charge is 0.251 e. The molecule has 1 heterocycles. The maximum absolute atomic E-state index is 12.2. The molecule has 0 bridgehead atoms. The van der Waals surface area contributed by atoms with E-state index in [1.165, 1.54) is 10.6 Å². The molecular weight excluding hydrogens is 276 g/mol. The Morgan fingerprint density at radius 2 is 1.85 bits per heavy atom. The quantitative estimate of drug-likeness (QED) is 0.945. The highest BCUT2D eigenvalue weighted by Gasteiger charge is 2.17. The maximum atomic E-state index is 12.2. The lowest BCUT2D eigenvalue weighted by molar-refractivity contribution is -0.118. The number of nitrogens with one attached hydrogen (secondary N) is 1. The van der Waals surface area contributed by atoms with Gasteiger partial charge in [-0.25, -0.2) is 0 Å². The van der Waals surface area contributed by atoms with Crippen molar-refractivity contribution in [2.75, 3.05) is 5.32 Å². The van der Waals surface area contributed by atoms with Crippen LogP contribution in [0.15, 0.2) is 47.3 Å². The minimum atomic E-state index is -0.584. The molecule has 0 aliphatic rings. The van der Waals surface area contributed by atoms with Crippen molar-refractivity contribution in [3.05, 3.63) is 63.5 Å². The number of amides is 1. The number of hydrogen-bond donors (Lipinski definition) is 1. The SMILES string of the molecule is Cc1cccc(=O)n1C(C)C(=O)Nc1ccc(Cl)cc1. The van der Waals surface area contributed by atoms with Crippen molar-refractivity contribution in [1.82, 2.24) is 4.57 Å². The van der Waals surface area contributed by atoms with E-state index in [2.05, 4.69) is 5.32 Å². The van der Waals surface area contributed by atoms with Gasteiger partial charge >= 0.3 is 0 Å². The minimum Gasteiger partial charge on any atom is -0.324 e. The van der Waals surface area contributed by atoms with Crippen LogP contribution in [0.1, 0.15) is 18.7 Å². The van der Waals surface area contributed by atoms with Crippen molar-refractivity contribution in [2.24, 2.45) is 0 Å². The van der Waals surface area contributed by atoms with Crippen LogP contribution in [0.25, 0.3) is 0 Å². The largest absolute Gasteiger partial charge is 0.324 e. The third-order valence-electron chi connectivity index (χ3n) is 3.07. The molecule has 0 saturated carbocycles. The minimum absolute atomic E-state index is 0.191. The highest BCUT2D eigenvalue weighted by molar-refractivity contribution is 6.30. The lowest BCUT2D eigenvalue weighted by Crippen LogP contribution is -2.32. The van der Waals surface area contributed by atoms with E-state index in [4.69, 9.17) is 11.6 Å². The standard InChI is InChI=1S/C15H15ClN2O2/c1-10-4-3-5-14(19)18(10)11(2)15(20)17-13-8-6-12(16)7-9-13/h3-9,11H,1-2H3,(H,17,20). The third kappa shape index (κ3) is 3.08. The molecule has 1 aromatic heterocycles. The summed E-state index contributed by atoms with van der Waals surface area (Å²) < 4.78 is 1.46. The van der Waals surface area contributed by atoms with E-state index in [9.17, 15) is 9.59 Å². The van der Waals surface area contributed by atoms with Crippen LogP contribution in [0.5, 0.6) is 0 Å². The van der Waals surface area contributed by atoms with Crippen molar-refractivity contribution in [1.29, 1.82) is 0 Å². The molecule has 0 aliphatic carbocycles. The molecule has 1 aromatic carbocycles. The van der Waals surface area contributed by atoms with Gasteiger partial charge in [-0.2, -0.15) is 0 Å². The fraction of sp³-hybridized carbons (Fsp3) is 0.200. The van der Waals surface area contributed by atoms with Gasteiger partial charge in [0.25, 0.3) is 5.56 Å². The molecule has 1 unspecified atom stereocenters. The zero-order chi connectivity index (χ0) is 14.7. The predicted octanol–water partition coefficient (Wildman–Crippen LogP) is 3.01. The van der Waals surface area contributed by atoms with Crippen LogP contribution in [0.3, 0.4) is 0 Å². The van der Waals surface area contributed by atoms with E-state index in [0.717, 1.165) is 5.69 Å². The van der Waals surface area contributed by atoms with Gasteiger partial charge in [-0.15, -0.1) is 0 Å². The van der Waals surface area contributed by atoms with Gasteiger partial charge < -0.3 is 9.88 Å². The Kier molecular flexibility index (Phi) is 4.25. The van der Waals surface area contributed by atoms with Crippen LogP contribution in [-0.4, -0.2) is 10.5 Å². The topological polar surface area (TPSA) is 51.1 Å². The first-order valence-corrected chi connectivity index (χ1v) is 6.61. The van der Waals surface area contributed by atoms with E-state index >= 15 is 0 Å². The van der Waals surface area contributed by atoms with E-state index in [0.29, 0.717) is 10.7 Å². The highest BCUT2D eigenvalue weighted by atomic mass is 35.5. The van der Waals surface area contributed by atoms with Crippen LogP contribution in [0.2, 0.25) is 5.02 Å². The number of carbonyl (C=O) groups is 1. The van der Waals surface area contributed by atoms with Gasteiger partial charge in [-0.1, -0.05) is 17.7 Å². The first-order chi connectivity index (χ1) is 9.49. The molecule has 5 heteroatoms. The number of hydrogen-bond acceptors (Lipinski definition) is 2. The number of nitrogens with zero attached hydrogens (tertiary/aromatic N) is 1. The summed E-state index contributed by atoms with van der Waals surface area (Å²) in [7, 11) is 0. The fourth-order valence-electron chi connectivity index (χ4n) is 2.00. The molecule has 104 valence electrons. The second-order valence-corrected chi connectivity index (χ2v) is 4.98. The number of carbonyl (C=O) groups excluding carboxylic acids is 1. The molecule has 1 atom stereocenters. The van der Waals surface area contributed by atoms with Crippen LogP contribution in [0.4, 0.5) is 5.69 Å². The number of rotatable bonds is 3. The summed E-state index contributed by atoms with van der Waals surface area (Å²) in [5.74, 6) is -0.247. The van der Waals surface area contributed by atoms with E-state index in [-0.39, 0.29) is 11.5 Å². The average Bonchev–Trinajstić information content (AvgIpc) is 2.41. The van der Waals surface area contributed by atoms with E-state index in [1.54, 1.807) is 50.2 Å². The Morgan fingerprint density at radius 3 is 2.45 bits per heavy atom. The molecule has 2 aromatic rings. The molecular formula is C15H15ClN2O2. The number of pyridine rings is 1. The number of anilines is 1. The summed E-state index contributed by atoms with van der Waals surface area (Å²) in [6.07, 6.45) is 0. The molecule has 0 radical (unpaired) electrons. The molecule has 20 heavy (non-hydrogen) atoms. The second kappa shape index (κ2) is 5.92. The van der Waals surface area contributed by atoms with Gasteiger partial charge in [0.15, 0.2) is 0 Å². The summed E-state index contributed by atoms with van der Waals surface area (Å²) in [5.41, 5.74) is 1.20. The Labute approximate surface area is 122 Å². The van der Waals surface area contributed by atoms with Crippen LogP contribution in [0, 0.1) is 6.92 Å². The van der Waals surface area contributed by atoms with Crippen molar-refractivity contribution in [3.63, 3.8) is 0 Å². The zero-order valence-corrected chi connectivity index (χ0v) is 12.0. The van der Waals surface area contributed by atoms with Crippen molar-refractivity contribution < 1.29 is 4.79 Å². The first kappa shape index (κ1) is 14.3. The Morgan fingerprint density at radius 1 is 1.20 bits per heavy atom. The summed E-state index contributed by atoms with van der Waals surface area (Å²) in [5, 5.41) is 3.37. The molecule has 0 fully saturated rings. The predicted molar refractivity (Wildman–Crippen MR) is 80.2 cm³/mol. The van der Waals surface area contributed by atoms with Gasteiger partial charge in [-0.3, -0.25) is 9.59 Å². The molecule has 0 saturated heterocycles. The van der Waals surface area contributed by atoms with Crippen LogP contribution < -0.4 is 10.9 Å². The number of halogens is 1.